The van der Waals surface area contributed by atoms with Gasteiger partial charge in [-0.05, 0) is 40.7 Å². The van der Waals surface area contributed by atoms with Gasteiger partial charge in [0.2, 0.25) is 0 Å². The van der Waals surface area contributed by atoms with Crippen LogP contribution in [-0.2, 0) is 6.42 Å². The first kappa shape index (κ1) is 13.2. The van der Waals surface area contributed by atoms with E-state index in [-0.39, 0.29) is 0 Å². The van der Waals surface area contributed by atoms with Crippen LogP contribution in [-0.4, -0.2) is 0 Å². The summed E-state index contributed by atoms with van der Waals surface area (Å²) in [6.45, 7) is 6.79. The van der Waals surface area contributed by atoms with E-state index in [0.29, 0.717) is 5.41 Å². The molecular formula is C17H19Cl. The molecule has 1 heteroatoms. The molecule has 0 N–H and O–H groups in total. The molecule has 2 rings (SSSR count). The Morgan fingerprint density at radius 1 is 0.889 bits per heavy atom. The topological polar surface area (TPSA) is 0 Å². The van der Waals surface area contributed by atoms with Crippen molar-refractivity contribution >= 4 is 11.6 Å². The van der Waals surface area contributed by atoms with Crippen LogP contribution in [0.3, 0.4) is 0 Å². The molecule has 0 spiro atoms. The van der Waals surface area contributed by atoms with Crippen LogP contribution in [0.25, 0.3) is 11.1 Å². The normalized spacial score (nSPS) is 11.6. The molecular weight excluding hydrogens is 240 g/mol. The molecule has 0 aliphatic carbocycles. The van der Waals surface area contributed by atoms with E-state index in [1.165, 1.54) is 16.7 Å². The summed E-state index contributed by atoms with van der Waals surface area (Å²) < 4.78 is 0. The van der Waals surface area contributed by atoms with E-state index in [2.05, 4.69) is 51.1 Å². The van der Waals surface area contributed by atoms with Crippen molar-refractivity contribution in [1.29, 1.82) is 0 Å². The molecule has 2 aromatic rings. The van der Waals surface area contributed by atoms with Crippen LogP contribution >= 0.6 is 11.6 Å². The predicted molar refractivity (Wildman–Crippen MR) is 80.0 cm³/mol. The maximum absolute atomic E-state index is 6.04. The highest BCUT2D eigenvalue weighted by atomic mass is 35.5. The van der Waals surface area contributed by atoms with Gasteiger partial charge in [-0.1, -0.05) is 68.8 Å². The fraction of sp³-hybridized carbons (Fsp3) is 0.294. The molecule has 0 amide bonds. The molecule has 0 saturated heterocycles. The summed E-state index contributed by atoms with van der Waals surface area (Å²) in [5, 5.41) is 0.786. The van der Waals surface area contributed by atoms with Crippen molar-refractivity contribution in [2.24, 2.45) is 5.41 Å². The van der Waals surface area contributed by atoms with Crippen LogP contribution in [0.5, 0.6) is 0 Å². The number of halogens is 1. The lowest BCUT2D eigenvalue weighted by Crippen LogP contribution is -2.08. The van der Waals surface area contributed by atoms with Crippen molar-refractivity contribution in [1.82, 2.24) is 0 Å². The lowest BCUT2D eigenvalue weighted by atomic mass is 9.87. The van der Waals surface area contributed by atoms with Gasteiger partial charge in [-0.3, -0.25) is 0 Å². The Labute approximate surface area is 115 Å². The molecule has 0 fully saturated rings. The number of benzene rings is 2. The van der Waals surface area contributed by atoms with Gasteiger partial charge < -0.3 is 0 Å². The number of hydrogen-bond donors (Lipinski definition) is 0. The second-order valence-electron chi connectivity index (χ2n) is 5.95. The van der Waals surface area contributed by atoms with E-state index in [1.807, 2.05) is 18.2 Å². The quantitative estimate of drug-likeness (QED) is 0.658. The van der Waals surface area contributed by atoms with E-state index >= 15 is 0 Å². The molecule has 0 unspecified atom stereocenters. The molecule has 0 bridgehead atoms. The smallest absolute Gasteiger partial charge is 0.0412 e. The summed E-state index contributed by atoms with van der Waals surface area (Å²) in [5.74, 6) is 0. The fourth-order valence-corrected chi connectivity index (χ4v) is 2.33. The van der Waals surface area contributed by atoms with Crippen molar-refractivity contribution < 1.29 is 0 Å². The lowest BCUT2D eigenvalue weighted by Gasteiger charge is -2.18. The van der Waals surface area contributed by atoms with Gasteiger partial charge in [0, 0.05) is 5.02 Å². The average molecular weight is 259 g/mol. The molecule has 2 aromatic carbocycles. The van der Waals surface area contributed by atoms with Crippen molar-refractivity contribution in [3.05, 3.63) is 59.1 Å². The van der Waals surface area contributed by atoms with Crippen molar-refractivity contribution in [3.63, 3.8) is 0 Å². The molecule has 0 heterocycles. The Morgan fingerprint density at radius 2 is 1.50 bits per heavy atom. The van der Waals surface area contributed by atoms with Gasteiger partial charge in [0.25, 0.3) is 0 Å². The van der Waals surface area contributed by atoms with Crippen molar-refractivity contribution in [2.45, 2.75) is 27.2 Å². The van der Waals surface area contributed by atoms with Crippen LogP contribution in [0.15, 0.2) is 48.5 Å². The summed E-state index contributed by atoms with van der Waals surface area (Å²) in [5.41, 5.74) is 4.10. The Kier molecular flexibility index (Phi) is 3.77. The highest BCUT2D eigenvalue weighted by molar-refractivity contribution is 6.30. The first-order valence-corrected chi connectivity index (χ1v) is 6.67. The monoisotopic (exact) mass is 258 g/mol. The van der Waals surface area contributed by atoms with Gasteiger partial charge >= 0.3 is 0 Å². The average Bonchev–Trinajstić information content (AvgIpc) is 2.27. The molecule has 0 saturated carbocycles. The van der Waals surface area contributed by atoms with Crippen molar-refractivity contribution in [2.75, 3.05) is 0 Å². The maximum Gasteiger partial charge on any atom is 0.0412 e. The third-order valence-electron chi connectivity index (χ3n) is 2.82. The third-order valence-corrected chi connectivity index (χ3v) is 3.05. The van der Waals surface area contributed by atoms with Gasteiger partial charge in [-0.25, -0.2) is 0 Å². The van der Waals surface area contributed by atoms with Gasteiger partial charge in [-0.15, -0.1) is 0 Å². The molecule has 94 valence electrons. The largest absolute Gasteiger partial charge is 0.0843 e. The zero-order valence-corrected chi connectivity index (χ0v) is 12.0. The summed E-state index contributed by atoms with van der Waals surface area (Å²) in [4.78, 5) is 0. The van der Waals surface area contributed by atoms with Gasteiger partial charge in [0.1, 0.15) is 0 Å². The second-order valence-corrected chi connectivity index (χ2v) is 6.38. The summed E-state index contributed by atoms with van der Waals surface area (Å²) in [6.07, 6.45) is 1.08. The van der Waals surface area contributed by atoms with Gasteiger partial charge in [0.15, 0.2) is 0 Å². The van der Waals surface area contributed by atoms with E-state index in [0.717, 1.165) is 11.4 Å². The second kappa shape index (κ2) is 5.16. The van der Waals surface area contributed by atoms with Crippen LogP contribution in [0, 0.1) is 5.41 Å². The first-order chi connectivity index (χ1) is 8.44. The SMILES string of the molecule is CC(C)(C)Cc1cccc(-c2cccc(Cl)c2)c1. The van der Waals surface area contributed by atoms with Crippen molar-refractivity contribution in [3.8, 4) is 11.1 Å². The Bertz CT molecular complexity index is 535. The number of rotatable bonds is 2. The maximum atomic E-state index is 6.04. The highest BCUT2D eigenvalue weighted by Gasteiger charge is 2.11. The van der Waals surface area contributed by atoms with E-state index < -0.39 is 0 Å². The first-order valence-electron chi connectivity index (χ1n) is 6.29. The lowest BCUT2D eigenvalue weighted by molar-refractivity contribution is 0.411. The van der Waals surface area contributed by atoms with Crippen LogP contribution in [0.4, 0.5) is 0 Å². The van der Waals surface area contributed by atoms with Crippen LogP contribution < -0.4 is 0 Å². The molecule has 0 atom stereocenters. The fourth-order valence-electron chi connectivity index (χ4n) is 2.14. The molecule has 0 radical (unpaired) electrons. The summed E-state index contributed by atoms with van der Waals surface area (Å²) in [7, 11) is 0. The Balaban J connectivity index is 2.33. The Hall–Kier alpha value is -1.27. The standard InChI is InChI=1S/C17H19Cl/c1-17(2,3)12-13-6-4-7-14(10-13)15-8-5-9-16(18)11-15/h4-11H,12H2,1-3H3. The Morgan fingerprint density at radius 3 is 2.11 bits per heavy atom. The van der Waals surface area contributed by atoms with E-state index in [9.17, 15) is 0 Å². The summed E-state index contributed by atoms with van der Waals surface area (Å²) in [6, 6.07) is 16.7. The van der Waals surface area contributed by atoms with Crippen LogP contribution in [0.1, 0.15) is 26.3 Å². The minimum Gasteiger partial charge on any atom is -0.0843 e. The molecule has 0 nitrogen and oxygen atoms in total. The minimum atomic E-state index is 0.312. The predicted octanol–water partition coefficient (Wildman–Crippen LogP) is 5.60. The minimum absolute atomic E-state index is 0.312. The highest BCUT2D eigenvalue weighted by Crippen LogP contribution is 2.26. The molecule has 0 aliphatic heterocycles. The molecule has 18 heavy (non-hydrogen) atoms. The zero-order chi connectivity index (χ0) is 13.2. The summed E-state index contributed by atoms with van der Waals surface area (Å²) >= 11 is 6.04. The number of hydrogen-bond acceptors (Lipinski definition) is 0. The van der Waals surface area contributed by atoms with Gasteiger partial charge in [0.05, 0.1) is 0 Å². The third kappa shape index (κ3) is 3.61. The van der Waals surface area contributed by atoms with E-state index in [1.54, 1.807) is 0 Å². The zero-order valence-electron chi connectivity index (χ0n) is 11.2. The van der Waals surface area contributed by atoms with Crippen LogP contribution in [0.2, 0.25) is 5.02 Å². The molecule has 0 aliphatic rings. The molecule has 0 aromatic heterocycles. The van der Waals surface area contributed by atoms with E-state index in [4.69, 9.17) is 11.6 Å². The van der Waals surface area contributed by atoms with Gasteiger partial charge in [-0.2, -0.15) is 0 Å².